The third-order valence-corrected chi connectivity index (χ3v) is 7.54. The van der Waals surface area contributed by atoms with E-state index in [1.54, 1.807) is 12.1 Å². The van der Waals surface area contributed by atoms with Crippen LogP contribution in [0.5, 0.6) is 11.5 Å². The Bertz CT molecular complexity index is 947. The van der Waals surface area contributed by atoms with Crippen molar-refractivity contribution in [3.8, 4) is 11.5 Å². The fourth-order valence-corrected chi connectivity index (χ4v) is 5.24. The Hall–Kier alpha value is -2.31. The second-order valence-electron chi connectivity index (χ2n) is 7.77. The molecule has 0 heterocycles. The molecule has 0 radical (unpaired) electrons. The van der Waals surface area contributed by atoms with Crippen LogP contribution < -0.4 is 9.64 Å². The molecule has 0 saturated heterocycles. The molecule has 2 aromatic carbocycles. The van der Waals surface area contributed by atoms with Crippen LogP contribution in [0.25, 0.3) is 6.08 Å². The summed E-state index contributed by atoms with van der Waals surface area (Å²) in [4.78, 5) is 2.45. The topological polar surface area (TPSA) is 49.9 Å². The van der Waals surface area contributed by atoms with Crippen LogP contribution in [0.2, 0.25) is 0 Å². The Balaban J connectivity index is 2.77. The van der Waals surface area contributed by atoms with Crippen molar-refractivity contribution in [3.63, 3.8) is 0 Å². The van der Waals surface area contributed by atoms with Crippen LogP contribution in [-0.4, -0.2) is 38.9 Å². The van der Waals surface area contributed by atoms with Gasteiger partial charge < -0.3 is 9.64 Å². The lowest BCUT2D eigenvalue weighted by Crippen LogP contribution is -2.32. The van der Waals surface area contributed by atoms with E-state index in [2.05, 4.69) is 25.3 Å². The van der Waals surface area contributed by atoms with Gasteiger partial charge in [-0.05, 0) is 42.7 Å². The molecule has 2 aromatic rings. The van der Waals surface area contributed by atoms with Crippen LogP contribution in [-0.2, 0) is 10.0 Å². The monoisotopic (exact) mass is 458 g/mol. The standard InChI is InChI=1S/C26H38N2O3S/c1-6-11-18-27(19-12-7-2)24-20-22(8-3)21-25(32(29,30)28(9-4)10-5)26(24)31-23-16-14-13-15-17-23/h8,13-17,20-21H,3,6-7,9-12,18-19H2,1-2,4-5H3. The summed E-state index contributed by atoms with van der Waals surface area (Å²) in [5.74, 6) is 1.00. The minimum atomic E-state index is -3.75. The van der Waals surface area contributed by atoms with E-state index in [1.807, 2.05) is 50.2 Å². The second kappa shape index (κ2) is 12.7. The number of para-hydroxylation sites is 1. The fraction of sp³-hybridized carbons (Fsp3) is 0.462. The maximum atomic E-state index is 13.7. The van der Waals surface area contributed by atoms with Gasteiger partial charge in [-0.15, -0.1) is 0 Å². The Kier molecular flexibility index (Phi) is 10.3. The number of ether oxygens (including phenoxy) is 1. The number of unbranched alkanes of at least 4 members (excludes halogenated alkanes) is 2. The molecule has 0 atom stereocenters. The first-order valence-corrected chi connectivity index (χ1v) is 13.1. The molecule has 6 heteroatoms. The summed E-state index contributed by atoms with van der Waals surface area (Å²) in [5, 5.41) is 0. The lowest BCUT2D eigenvalue weighted by Gasteiger charge is -2.29. The van der Waals surface area contributed by atoms with Crippen LogP contribution in [0.3, 0.4) is 0 Å². The number of anilines is 1. The SMILES string of the molecule is C=Cc1cc(N(CCCC)CCCC)c(Oc2ccccc2)c(S(=O)(=O)N(CC)CC)c1. The molecule has 32 heavy (non-hydrogen) atoms. The van der Waals surface area contributed by atoms with Crippen molar-refractivity contribution in [2.24, 2.45) is 0 Å². The molecule has 0 N–H and O–H groups in total. The molecule has 0 spiro atoms. The van der Waals surface area contributed by atoms with E-state index in [1.165, 1.54) is 4.31 Å². The molecule has 0 bridgehead atoms. The quantitative estimate of drug-likeness (QED) is 0.322. The maximum Gasteiger partial charge on any atom is 0.246 e. The van der Waals surface area contributed by atoms with Gasteiger partial charge >= 0.3 is 0 Å². The summed E-state index contributed by atoms with van der Waals surface area (Å²) >= 11 is 0. The van der Waals surface area contributed by atoms with Crippen molar-refractivity contribution in [2.75, 3.05) is 31.1 Å². The normalized spacial score (nSPS) is 11.5. The first-order valence-electron chi connectivity index (χ1n) is 11.7. The highest BCUT2D eigenvalue weighted by Crippen LogP contribution is 2.41. The first-order chi connectivity index (χ1) is 15.4. The van der Waals surface area contributed by atoms with Crippen molar-refractivity contribution >= 4 is 21.8 Å². The Morgan fingerprint density at radius 2 is 1.53 bits per heavy atom. The molecule has 176 valence electrons. The van der Waals surface area contributed by atoms with E-state index in [0.29, 0.717) is 24.6 Å². The van der Waals surface area contributed by atoms with Crippen molar-refractivity contribution in [1.82, 2.24) is 4.31 Å². The van der Waals surface area contributed by atoms with Crippen LogP contribution >= 0.6 is 0 Å². The summed E-state index contributed by atoms with van der Waals surface area (Å²) in [6, 6.07) is 13.1. The number of rotatable bonds is 14. The van der Waals surface area contributed by atoms with Crippen LogP contribution in [0.15, 0.2) is 53.9 Å². The maximum absolute atomic E-state index is 13.7. The van der Waals surface area contributed by atoms with E-state index >= 15 is 0 Å². The summed E-state index contributed by atoms with van der Waals surface area (Å²) < 4.78 is 35.1. The lowest BCUT2D eigenvalue weighted by atomic mass is 10.1. The summed E-state index contributed by atoms with van der Waals surface area (Å²) in [6.07, 6.45) is 5.86. The van der Waals surface area contributed by atoms with Gasteiger partial charge in [0.05, 0.1) is 5.69 Å². The third-order valence-electron chi connectivity index (χ3n) is 5.48. The van der Waals surface area contributed by atoms with E-state index in [4.69, 9.17) is 4.74 Å². The first kappa shape index (κ1) is 25.9. The largest absolute Gasteiger partial charge is 0.454 e. The van der Waals surface area contributed by atoms with Gasteiger partial charge in [0.15, 0.2) is 5.75 Å². The average molecular weight is 459 g/mol. The average Bonchev–Trinajstić information content (AvgIpc) is 2.80. The summed E-state index contributed by atoms with van der Waals surface area (Å²) in [7, 11) is -3.75. The molecule has 0 aromatic heterocycles. The van der Waals surface area contributed by atoms with E-state index < -0.39 is 10.0 Å². The fourth-order valence-electron chi connectivity index (χ4n) is 3.61. The molecular formula is C26H38N2O3S. The number of nitrogens with zero attached hydrogens (tertiary/aromatic N) is 2. The third kappa shape index (κ3) is 6.36. The number of hydrogen-bond donors (Lipinski definition) is 0. The highest BCUT2D eigenvalue weighted by atomic mass is 32.2. The molecule has 0 aliphatic heterocycles. The molecule has 0 aliphatic rings. The minimum Gasteiger partial charge on any atom is -0.454 e. The highest BCUT2D eigenvalue weighted by Gasteiger charge is 2.30. The van der Waals surface area contributed by atoms with Gasteiger partial charge in [-0.2, -0.15) is 4.31 Å². The van der Waals surface area contributed by atoms with E-state index in [-0.39, 0.29) is 4.90 Å². The van der Waals surface area contributed by atoms with Crippen molar-refractivity contribution in [3.05, 3.63) is 54.6 Å². The Morgan fingerprint density at radius 3 is 2.03 bits per heavy atom. The molecule has 5 nitrogen and oxygen atoms in total. The second-order valence-corrected chi connectivity index (χ2v) is 9.68. The van der Waals surface area contributed by atoms with Gasteiger partial charge in [-0.25, -0.2) is 8.42 Å². The zero-order valence-corrected chi connectivity index (χ0v) is 20.8. The zero-order valence-electron chi connectivity index (χ0n) is 20.0. The number of sulfonamides is 1. The molecule has 0 unspecified atom stereocenters. The Morgan fingerprint density at radius 1 is 0.938 bits per heavy atom. The zero-order chi connectivity index (χ0) is 23.6. The molecule has 2 rings (SSSR count). The van der Waals surface area contributed by atoms with Gasteiger partial charge in [0.2, 0.25) is 10.0 Å². The van der Waals surface area contributed by atoms with Gasteiger partial charge in [0, 0.05) is 26.2 Å². The van der Waals surface area contributed by atoms with E-state index in [9.17, 15) is 8.42 Å². The number of hydrogen-bond acceptors (Lipinski definition) is 4. The van der Waals surface area contributed by atoms with Crippen molar-refractivity contribution in [1.29, 1.82) is 0 Å². The van der Waals surface area contributed by atoms with Crippen LogP contribution in [0.1, 0.15) is 58.9 Å². The molecule has 0 aliphatic carbocycles. The predicted octanol–water partition coefficient (Wildman–Crippen LogP) is 6.56. The van der Waals surface area contributed by atoms with Gasteiger partial charge in [0.1, 0.15) is 10.6 Å². The van der Waals surface area contributed by atoms with Crippen LogP contribution in [0.4, 0.5) is 5.69 Å². The summed E-state index contributed by atoms with van der Waals surface area (Å²) in [5.41, 5.74) is 1.57. The lowest BCUT2D eigenvalue weighted by molar-refractivity contribution is 0.432. The summed E-state index contributed by atoms with van der Waals surface area (Å²) in [6.45, 7) is 14.4. The highest BCUT2D eigenvalue weighted by molar-refractivity contribution is 7.89. The van der Waals surface area contributed by atoms with Gasteiger partial charge in [-0.3, -0.25) is 0 Å². The predicted molar refractivity (Wildman–Crippen MR) is 135 cm³/mol. The number of benzene rings is 2. The van der Waals surface area contributed by atoms with Crippen molar-refractivity contribution in [2.45, 2.75) is 58.3 Å². The molecular weight excluding hydrogens is 420 g/mol. The van der Waals surface area contributed by atoms with E-state index in [0.717, 1.165) is 50.0 Å². The smallest absolute Gasteiger partial charge is 0.246 e. The molecule has 0 fully saturated rings. The van der Waals surface area contributed by atoms with Crippen LogP contribution in [0, 0.1) is 0 Å². The minimum absolute atomic E-state index is 0.190. The van der Waals surface area contributed by atoms with Gasteiger partial charge in [-0.1, -0.05) is 71.4 Å². The Labute approximate surface area is 194 Å². The van der Waals surface area contributed by atoms with Crippen molar-refractivity contribution < 1.29 is 13.2 Å². The van der Waals surface area contributed by atoms with Gasteiger partial charge in [0.25, 0.3) is 0 Å². The molecule has 0 amide bonds. The molecule has 0 saturated carbocycles.